The van der Waals surface area contributed by atoms with Crippen molar-refractivity contribution in [1.29, 1.82) is 0 Å². The topological polar surface area (TPSA) is 43.4 Å². The highest BCUT2D eigenvalue weighted by Crippen LogP contribution is 2.15. The monoisotopic (exact) mass is 410 g/mol. The SMILES string of the molecule is CCCCCCCCCCCCCCCCCCCCCC(=O)OC(C)(C)C=O. The zero-order valence-corrected chi connectivity index (χ0v) is 19.9. The van der Waals surface area contributed by atoms with E-state index in [2.05, 4.69) is 6.92 Å². The number of carbonyl (C=O) groups is 2. The average Bonchev–Trinajstić information content (AvgIpc) is 2.69. The van der Waals surface area contributed by atoms with E-state index in [1.54, 1.807) is 13.8 Å². The fraction of sp³-hybridized carbons (Fsp3) is 0.923. The Morgan fingerprint density at radius 1 is 0.621 bits per heavy atom. The fourth-order valence-corrected chi connectivity index (χ4v) is 3.72. The Bertz CT molecular complexity index is 376. The first-order chi connectivity index (χ1) is 14.0. The van der Waals surface area contributed by atoms with Gasteiger partial charge in [0.2, 0.25) is 0 Å². The molecule has 0 bridgehead atoms. The van der Waals surface area contributed by atoms with Crippen LogP contribution >= 0.6 is 0 Å². The molecule has 0 aromatic carbocycles. The molecule has 0 aromatic rings. The summed E-state index contributed by atoms with van der Waals surface area (Å²) in [7, 11) is 0. The van der Waals surface area contributed by atoms with Gasteiger partial charge in [-0.15, -0.1) is 0 Å². The Morgan fingerprint density at radius 3 is 1.24 bits per heavy atom. The lowest BCUT2D eigenvalue weighted by Crippen LogP contribution is -2.29. The summed E-state index contributed by atoms with van der Waals surface area (Å²) < 4.78 is 5.12. The molecule has 0 heterocycles. The van der Waals surface area contributed by atoms with Crippen molar-refractivity contribution in [3.05, 3.63) is 0 Å². The lowest BCUT2D eigenvalue weighted by molar-refractivity contribution is -0.159. The third kappa shape index (κ3) is 21.7. The standard InChI is InChI=1S/C26H50O3/c1-4-5-6-7-8-9-10-11-12-13-14-15-16-17-18-19-20-21-22-23-25(28)29-26(2,3)24-27/h24H,4-23H2,1-3H3. The van der Waals surface area contributed by atoms with Crippen molar-refractivity contribution < 1.29 is 14.3 Å². The quantitative estimate of drug-likeness (QED) is 0.102. The summed E-state index contributed by atoms with van der Waals surface area (Å²) in [6.45, 7) is 5.52. The van der Waals surface area contributed by atoms with E-state index < -0.39 is 5.60 Å². The summed E-state index contributed by atoms with van der Waals surface area (Å²) >= 11 is 0. The highest BCUT2D eigenvalue weighted by atomic mass is 16.6. The lowest BCUT2D eigenvalue weighted by atomic mass is 10.0. The number of ether oxygens (including phenoxy) is 1. The lowest BCUT2D eigenvalue weighted by Gasteiger charge is -2.17. The Kier molecular flexibility index (Phi) is 19.8. The summed E-state index contributed by atoms with van der Waals surface area (Å²) in [5, 5.41) is 0. The van der Waals surface area contributed by atoms with E-state index in [1.807, 2.05) is 0 Å². The van der Waals surface area contributed by atoms with Crippen LogP contribution in [-0.4, -0.2) is 17.9 Å². The first-order valence-corrected chi connectivity index (χ1v) is 12.7. The van der Waals surface area contributed by atoms with Crippen LogP contribution in [0.1, 0.15) is 149 Å². The van der Waals surface area contributed by atoms with Crippen molar-refractivity contribution >= 4 is 12.3 Å². The summed E-state index contributed by atoms with van der Waals surface area (Å²) in [4.78, 5) is 22.4. The molecule has 0 amide bonds. The van der Waals surface area contributed by atoms with Gasteiger partial charge in [0, 0.05) is 6.42 Å². The molecule has 172 valence electrons. The van der Waals surface area contributed by atoms with Gasteiger partial charge in [-0.3, -0.25) is 9.59 Å². The van der Waals surface area contributed by atoms with Gasteiger partial charge in [0.15, 0.2) is 11.9 Å². The van der Waals surface area contributed by atoms with Crippen LogP contribution in [0.3, 0.4) is 0 Å². The molecule has 0 aliphatic carbocycles. The van der Waals surface area contributed by atoms with Crippen molar-refractivity contribution in [2.24, 2.45) is 0 Å². The van der Waals surface area contributed by atoms with E-state index in [9.17, 15) is 9.59 Å². The fourth-order valence-electron chi connectivity index (χ4n) is 3.72. The van der Waals surface area contributed by atoms with Crippen LogP contribution in [-0.2, 0) is 14.3 Å². The van der Waals surface area contributed by atoms with Crippen LogP contribution < -0.4 is 0 Å². The van der Waals surface area contributed by atoms with Crippen LogP contribution in [0.5, 0.6) is 0 Å². The Morgan fingerprint density at radius 2 is 0.931 bits per heavy atom. The van der Waals surface area contributed by atoms with Gasteiger partial charge in [0.25, 0.3) is 0 Å². The van der Waals surface area contributed by atoms with Gasteiger partial charge in [-0.05, 0) is 20.3 Å². The molecule has 0 spiro atoms. The van der Waals surface area contributed by atoms with E-state index in [0.717, 1.165) is 12.8 Å². The van der Waals surface area contributed by atoms with Gasteiger partial charge >= 0.3 is 5.97 Å². The maximum absolute atomic E-state index is 11.6. The molecule has 0 fully saturated rings. The molecule has 0 N–H and O–H groups in total. The number of aldehydes is 1. The summed E-state index contributed by atoms with van der Waals surface area (Å²) in [6, 6.07) is 0. The minimum atomic E-state index is -0.981. The molecular weight excluding hydrogens is 360 g/mol. The van der Waals surface area contributed by atoms with Gasteiger partial charge in [0.05, 0.1) is 0 Å². The second-order valence-corrected chi connectivity index (χ2v) is 9.31. The van der Waals surface area contributed by atoms with Gasteiger partial charge in [-0.1, -0.05) is 122 Å². The smallest absolute Gasteiger partial charge is 0.306 e. The maximum Gasteiger partial charge on any atom is 0.306 e. The van der Waals surface area contributed by atoms with E-state index in [1.165, 1.54) is 109 Å². The first-order valence-electron chi connectivity index (χ1n) is 12.7. The predicted octanol–water partition coefficient (Wildman–Crippen LogP) is 8.33. The molecule has 0 aliphatic heterocycles. The normalized spacial score (nSPS) is 11.6. The third-order valence-corrected chi connectivity index (χ3v) is 5.65. The molecule has 0 rings (SSSR count). The van der Waals surface area contributed by atoms with Crippen molar-refractivity contribution in [2.45, 2.75) is 155 Å². The van der Waals surface area contributed by atoms with Crippen LogP contribution in [0.2, 0.25) is 0 Å². The molecule has 3 heteroatoms. The van der Waals surface area contributed by atoms with E-state index >= 15 is 0 Å². The van der Waals surface area contributed by atoms with Crippen LogP contribution in [0, 0.1) is 0 Å². The highest BCUT2D eigenvalue weighted by molar-refractivity contribution is 5.74. The zero-order valence-electron chi connectivity index (χ0n) is 19.9. The summed E-state index contributed by atoms with van der Waals surface area (Å²) in [5.74, 6) is -0.255. The molecule has 0 radical (unpaired) electrons. The van der Waals surface area contributed by atoms with Crippen molar-refractivity contribution in [3.63, 3.8) is 0 Å². The number of unbranched alkanes of at least 4 members (excludes halogenated alkanes) is 18. The minimum absolute atomic E-state index is 0.255. The molecule has 0 atom stereocenters. The molecule has 0 aromatic heterocycles. The van der Waals surface area contributed by atoms with Crippen LogP contribution in [0.25, 0.3) is 0 Å². The number of carbonyl (C=O) groups excluding carboxylic acids is 2. The van der Waals surface area contributed by atoms with Gasteiger partial charge < -0.3 is 4.74 Å². The van der Waals surface area contributed by atoms with Crippen LogP contribution in [0.15, 0.2) is 0 Å². The third-order valence-electron chi connectivity index (χ3n) is 5.65. The zero-order chi connectivity index (χ0) is 21.6. The van der Waals surface area contributed by atoms with Crippen LogP contribution in [0.4, 0.5) is 0 Å². The number of hydrogen-bond donors (Lipinski definition) is 0. The van der Waals surface area contributed by atoms with Crippen molar-refractivity contribution in [1.82, 2.24) is 0 Å². The average molecular weight is 411 g/mol. The number of hydrogen-bond acceptors (Lipinski definition) is 3. The minimum Gasteiger partial charge on any atom is -0.452 e. The van der Waals surface area contributed by atoms with Gasteiger partial charge in [0.1, 0.15) is 0 Å². The number of esters is 1. The van der Waals surface area contributed by atoms with Crippen molar-refractivity contribution in [2.75, 3.05) is 0 Å². The van der Waals surface area contributed by atoms with E-state index in [-0.39, 0.29) is 5.97 Å². The van der Waals surface area contributed by atoms with Crippen molar-refractivity contribution in [3.8, 4) is 0 Å². The Balaban J connectivity index is 3.17. The van der Waals surface area contributed by atoms with E-state index in [0.29, 0.717) is 12.7 Å². The molecule has 0 aliphatic rings. The van der Waals surface area contributed by atoms with Gasteiger partial charge in [-0.25, -0.2) is 0 Å². The molecule has 0 saturated carbocycles. The summed E-state index contributed by atoms with van der Waals surface area (Å²) in [5.41, 5.74) is -0.981. The second-order valence-electron chi connectivity index (χ2n) is 9.31. The highest BCUT2D eigenvalue weighted by Gasteiger charge is 2.21. The second kappa shape index (κ2) is 20.4. The predicted molar refractivity (Wildman–Crippen MR) is 124 cm³/mol. The maximum atomic E-state index is 11.6. The molecule has 3 nitrogen and oxygen atoms in total. The largest absolute Gasteiger partial charge is 0.452 e. The molecule has 29 heavy (non-hydrogen) atoms. The van der Waals surface area contributed by atoms with E-state index in [4.69, 9.17) is 4.74 Å². The molecule has 0 saturated heterocycles. The first kappa shape index (κ1) is 28.1. The van der Waals surface area contributed by atoms with Gasteiger partial charge in [-0.2, -0.15) is 0 Å². The Labute approximate surface area is 181 Å². The summed E-state index contributed by atoms with van der Waals surface area (Å²) in [6.07, 6.45) is 26.7. The number of rotatable bonds is 22. The molecular formula is C26H50O3. The Hall–Kier alpha value is -0.860. The molecule has 0 unspecified atom stereocenters.